The molecular weight excluding hydrogens is 122 g/mol. The Morgan fingerprint density at radius 2 is 2.00 bits per heavy atom. The Kier molecular flexibility index (Phi) is 1.17. The molecule has 1 nitrogen and oxygen atoms in total. The third kappa shape index (κ3) is 0.619. The molecule has 0 unspecified atom stereocenters. The second-order valence-electron chi connectivity index (χ2n) is 4.60. The van der Waals surface area contributed by atoms with Crippen molar-refractivity contribution in [1.82, 2.24) is 0 Å². The normalized spacial score (nSPS) is 50.1. The Balaban J connectivity index is 2.27. The van der Waals surface area contributed by atoms with E-state index < -0.39 is 0 Å². The average Bonchev–Trinajstić information content (AvgIpc) is 2.20. The lowest BCUT2D eigenvalue weighted by Gasteiger charge is -2.24. The topological polar surface area (TPSA) is 26.0 Å². The molecule has 2 bridgehead atoms. The van der Waals surface area contributed by atoms with E-state index in [-0.39, 0.29) is 0 Å². The second kappa shape index (κ2) is 1.76. The third-order valence-corrected chi connectivity index (χ3v) is 3.91. The Morgan fingerprint density at radius 3 is 2.20 bits per heavy atom. The van der Waals surface area contributed by atoms with Gasteiger partial charge in [-0.2, -0.15) is 0 Å². The van der Waals surface area contributed by atoms with Gasteiger partial charge in [0, 0.05) is 6.04 Å². The van der Waals surface area contributed by atoms with E-state index in [2.05, 4.69) is 13.8 Å². The molecule has 2 rings (SSSR count). The number of hydrogen-bond donors (Lipinski definition) is 1. The van der Waals surface area contributed by atoms with Crippen LogP contribution in [0.3, 0.4) is 0 Å². The van der Waals surface area contributed by atoms with Gasteiger partial charge in [0.1, 0.15) is 0 Å². The third-order valence-electron chi connectivity index (χ3n) is 3.91. The average molecular weight is 139 g/mol. The van der Waals surface area contributed by atoms with Crippen molar-refractivity contribution in [2.75, 3.05) is 0 Å². The van der Waals surface area contributed by atoms with Crippen LogP contribution in [-0.4, -0.2) is 6.04 Å². The molecule has 0 radical (unpaired) electrons. The lowest BCUT2D eigenvalue weighted by atomic mass is 9.82. The summed E-state index contributed by atoms with van der Waals surface area (Å²) < 4.78 is 0. The molecule has 0 aromatic heterocycles. The summed E-state index contributed by atoms with van der Waals surface area (Å²) in [6, 6.07) is 0.522. The lowest BCUT2D eigenvalue weighted by molar-refractivity contribution is 0.253. The van der Waals surface area contributed by atoms with Crippen LogP contribution in [0.15, 0.2) is 0 Å². The molecule has 2 saturated carbocycles. The summed E-state index contributed by atoms with van der Waals surface area (Å²) in [5.41, 5.74) is 6.56. The number of fused-ring (bicyclic) bond motifs is 2. The van der Waals surface area contributed by atoms with Crippen LogP contribution in [0.25, 0.3) is 0 Å². The van der Waals surface area contributed by atoms with E-state index >= 15 is 0 Å². The van der Waals surface area contributed by atoms with Gasteiger partial charge in [-0.15, -0.1) is 0 Å². The molecule has 0 aromatic carbocycles. The van der Waals surface area contributed by atoms with E-state index in [0.717, 1.165) is 11.8 Å². The number of hydrogen-bond acceptors (Lipinski definition) is 1. The van der Waals surface area contributed by atoms with E-state index in [1.807, 2.05) is 0 Å². The molecule has 2 fully saturated rings. The molecule has 2 aliphatic carbocycles. The van der Waals surface area contributed by atoms with Crippen LogP contribution >= 0.6 is 0 Å². The SMILES string of the molecule is CC1(C)[C@H]2CC[C@@H]1[C@@H](N)C2. The molecule has 10 heavy (non-hydrogen) atoms. The summed E-state index contributed by atoms with van der Waals surface area (Å²) in [4.78, 5) is 0. The molecule has 0 amide bonds. The van der Waals surface area contributed by atoms with Gasteiger partial charge >= 0.3 is 0 Å². The first-order valence-corrected chi connectivity index (χ1v) is 4.38. The van der Waals surface area contributed by atoms with Crippen molar-refractivity contribution in [1.29, 1.82) is 0 Å². The molecule has 1 heteroatoms. The van der Waals surface area contributed by atoms with Crippen LogP contribution in [-0.2, 0) is 0 Å². The highest BCUT2D eigenvalue weighted by Crippen LogP contribution is 2.56. The van der Waals surface area contributed by atoms with Crippen molar-refractivity contribution in [2.24, 2.45) is 23.0 Å². The first kappa shape index (κ1) is 6.66. The minimum absolute atomic E-state index is 0.522. The Labute approximate surface area is 63.0 Å². The van der Waals surface area contributed by atoms with Crippen LogP contribution in [0.1, 0.15) is 33.1 Å². The van der Waals surface area contributed by atoms with E-state index in [1.165, 1.54) is 19.3 Å². The van der Waals surface area contributed by atoms with Gasteiger partial charge in [0.15, 0.2) is 0 Å². The van der Waals surface area contributed by atoms with Gasteiger partial charge in [0.25, 0.3) is 0 Å². The summed E-state index contributed by atoms with van der Waals surface area (Å²) in [5.74, 6) is 1.77. The maximum absolute atomic E-state index is 6.00. The van der Waals surface area contributed by atoms with Crippen molar-refractivity contribution in [2.45, 2.75) is 39.2 Å². The zero-order valence-corrected chi connectivity index (χ0v) is 6.93. The molecule has 0 spiro atoms. The van der Waals surface area contributed by atoms with Crippen LogP contribution in [0.5, 0.6) is 0 Å². The van der Waals surface area contributed by atoms with Crippen molar-refractivity contribution in [3.05, 3.63) is 0 Å². The largest absolute Gasteiger partial charge is 0.327 e. The highest BCUT2D eigenvalue weighted by atomic mass is 14.7. The number of rotatable bonds is 0. The molecule has 0 saturated heterocycles. The van der Waals surface area contributed by atoms with E-state index in [9.17, 15) is 0 Å². The molecule has 0 heterocycles. The predicted molar refractivity (Wildman–Crippen MR) is 42.6 cm³/mol. The van der Waals surface area contributed by atoms with Crippen molar-refractivity contribution in [3.8, 4) is 0 Å². The summed E-state index contributed by atoms with van der Waals surface area (Å²) in [6.07, 6.45) is 4.11. The lowest BCUT2D eigenvalue weighted by Crippen LogP contribution is -2.29. The van der Waals surface area contributed by atoms with Crippen LogP contribution in [0.2, 0.25) is 0 Å². The highest BCUT2D eigenvalue weighted by molar-refractivity contribution is 5.03. The van der Waals surface area contributed by atoms with Gasteiger partial charge in [0.05, 0.1) is 0 Å². The van der Waals surface area contributed by atoms with Crippen LogP contribution in [0.4, 0.5) is 0 Å². The molecule has 58 valence electrons. The number of nitrogens with two attached hydrogens (primary N) is 1. The smallest absolute Gasteiger partial charge is 0.00752 e. The minimum Gasteiger partial charge on any atom is -0.327 e. The summed E-state index contributed by atoms with van der Waals surface area (Å²) in [5, 5.41) is 0. The Hall–Kier alpha value is -0.0400. The van der Waals surface area contributed by atoms with Gasteiger partial charge < -0.3 is 5.73 Å². The van der Waals surface area contributed by atoms with Crippen molar-refractivity contribution in [3.63, 3.8) is 0 Å². The summed E-state index contributed by atoms with van der Waals surface area (Å²) >= 11 is 0. The van der Waals surface area contributed by atoms with E-state index in [4.69, 9.17) is 5.73 Å². The minimum atomic E-state index is 0.522. The van der Waals surface area contributed by atoms with Gasteiger partial charge in [-0.25, -0.2) is 0 Å². The molecule has 3 atom stereocenters. The van der Waals surface area contributed by atoms with Gasteiger partial charge in [-0.05, 0) is 36.5 Å². The first-order valence-electron chi connectivity index (χ1n) is 4.38. The standard InChI is InChI=1S/C9H17N/c1-9(2)6-3-4-7(9)8(10)5-6/h6-8H,3-5,10H2,1-2H3/t6-,7+,8-/m0/s1. The fourth-order valence-corrected chi connectivity index (χ4v) is 3.11. The zero-order valence-electron chi connectivity index (χ0n) is 6.93. The zero-order chi connectivity index (χ0) is 7.35. The molecular formula is C9H17N. The Bertz CT molecular complexity index is 151. The molecule has 0 aromatic rings. The van der Waals surface area contributed by atoms with E-state index in [1.54, 1.807) is 0 Å². The molecule has 2 N–H and O–H groups in total. The second-order valence-corrected chi connectivity index (χ2v) is 4.60. The quantitative estimate of drug-likeness (QED) is 0.544. The first-order chi connectivity index (χ1) is 4.62. The van der Waals surface area contributed by atoms with Gasteiger partial charge in [-0.3, -0.25) is 0 Å². The fraction of sp³-hybridized carbons (Fsp3) is 1.00. The van der Waals surface area contributed by atoms with Gasteiger partial charge in [0.2, 0.25) is 0 Å². The predicted octanol–water partition coefficient (Wildman–Crippen LogP) is 1.77. The highest BCUT2D eigenvalue weighted by Gasteiger charge is 2.51. The van der Waals surface area contributed by atoms with Gasteiger partial charge in [-0.1, -0.05) is 13.8 Å². The molecule has 0 aliphatic heterocycles. The summed E-state index contributed by atoms with van der Waals surface area (Å²) in [6.45, 7) is 4.78. The van der Waals surface area contributed by atoms with Crippen molar-refractivity contribution < 1.29 is 0 Å². The van der Waals surface area contributed by atoms with Crippen LogP contribution < -0.4 is 5.73 Å². The Morgan fingerprint density at radius 1 is 1.30 bits per heavy atom. The monoisotopic (exact) mass is 139 g/mol. The molecule has 2 aliphatic rings. The fourth-order valence-electron chi connectivity index (χ4n) is 3.11. The van der Waals surface area contributed by atoms with Crippen LogP contribution in [0, 0.1) is 17.3 Å². The van der Waals surface area contributed by atoms with Crippen molar-refractivity contribution >= 4 is 0 Å². The summed E-state index contributed by atoms with van der Waals surface area (Å²) in [7, 11) is 0. The maximum Gasteiger partial charge on any atom is 0.00752 e. The van der Waals surface area contributed by atoms with E-state index in [0.29, 0.717) is 11.5 Å². The maximum atomic E-state index is 6.00.